The molecule has 0 bridgehead atoms. The number of halogens is 1. The molecule has 100 valence electrons. The minimum atomic E-state index is -3.12. The molecule has 0 aliphatic carbocycles. The zero-order valence-electron chi connectivity index (χ0n) is 10.2. The van der Waals surface area contributed by atoms with Crippen LogP contribution in [0, 0.1) is 0 Å². The lowest BCUT2D eigenvalue weighted by Crippen LogP contribution is -2.52. The summed E-state index contributed by atoms with van der Waals surface area (Å²) in [6.45, 7) is 5.42. The molecule has 1 unspecified atom stereocenters. The first-order chi connectivity index (χ1) is 7.88. The summed E-state index contributed by atoms with van der Waals surface area (Å²) in [5, 5.41) is 0. The van der Waals surface area contributed by atoms with Gasteiger partial charge in [-0.3, -0.25) is 4.79 Å². The number of piperazine rings is 1. The van der Waals surface area contributed by atoms with Crippen molar-refractivity contribution in [3.63, 3.8) is 0 Å². The molecular weight excluding hydrogens is 308 g/mol. The van der Waals surface area contributed by atoms with E-state index in [1.807, 2.05) is 6.92 Å². The van der Waals surface area contributed by atoms with E-state index in [0.29, 0.717) is 32.6 Å². The molecule has 5 nitrogen and oxygen atoms in total. The number of hydrogen-bond donors (Lipinski definition) is 0. The number of amides is 1. The lowest BCUT2D eigenvalue weighted by Gasteiger charge is -2.34. The highest BCUT2D eigenvalue weighted by Crippen LogP contribution is 2.12. The van der Waals surface area contributed by atoms with E-state index in [9.17, 15) is 13.2 Å². The van der Waals surface area contributed by atoms with Gasteiger partial charge in [-0.2, -0.15) is 4.31 Å². The van der Waals surface area contributed by atoms with Crippen molar-refractivity contribution in [3.05, 3.63) is 0 Å². The topological polar surface area (TPSA) is 57.7 Å². The zero-order chi connectivity index (χ0) is 13.1. The van der Waals surface area contributed by atoms with Gasteiger partial charge in [0.25, 0.3) is 0 Å². The van der Waals surface area contributed by atoms with Gasteiger partial charge in [-0.05, 0) is 13.3 Å². The first kappa shape index (κ1) is 14.9. The molecular formula is C10H19BrN2O3S. The summed E-state index contributed by atoms with van der Waals surface area (Å²) in [4.78, 5) is 13.2. The van der Waals surface area contributed by atoms with Crippen molar-refractivity contribution in [2.45, 2.75) is 25.1 Å². The molecule has 1 rings (SSSR count). The van der Waals surface area contributed by atoms with Crippen LogP contribution in [-0.4, -0.2) is 60.3 Å². The summed E-state index contributed by atoms with van der Waals surface area (Å²) in [7, 11) is -3.12. The van der Waals surface area contributed by atoms with Gasteiger partial charge in [0.2, 0.25) is 15.9 Å². The van der Waals surface area contributed by atoms with Crippen LogP contribution >= 0.6 is 15.9 Å². The molecule has 0 spiro atoms. The molecule has 7 heteroatoms. The number of rotatable bonds is 4. The molecule has 1 atom stereocenters. The summed E-state index contributed by atoms with van der Waals surface area (Å²) in [5.41, 5.74) is 0. The summed E-state index contributed by atoms with van der Waals surface area (Å²) in [5.74, 6) is 0.216. The van der Waals surface area contributed by atoms with Gasteiger partial charge in [0.05, 0.1) is 10.6 Å². The molecule has 1 fully saturated rings. The van der Waals surface area contributed by atoms with Gasteiger partial charge in [-0.25, -0.2) is 8.42 Å². The maximum Gasteiger partial charge on any atom is 0.236 e. The van der Waals surface area contributed by atoms with Crippen molar-refractivity contribution < 1.29 is 13.2 Å². The fourth-order valence-corrected chi connectivity index (χ4v) is 3.61. The summed E-state index contributed by atoms with van der Waals surface area (Å²) < 4.78 is 25.1. The molecule has 17 heavy (non-hydrogen) atoms. The molecule has 0 aromatic carbocycles. The second-order valence-electron chi connectivity index (χ2n) is 4.16. The maximum absolute atomic E-state index is 11.8. The van der Waals surface area contributed by atoms with E-state index in [1.54, 1.807) is 11.8 Å². The molecule has 0 saturated carbocycles. The highest BCUT2D eigenvalue weighted by Gasteiger charge is 2.29. The number of carbonyl (C=O) groups is 1. The average Bonchev–Trinajstić information content (AvgIpc) is 2.28. The SMILES string of the molecule is CCCS(=O)(=O)N1CCN(C(=O)C(C)Br)CC1. The number of hydrogen-bond acceptors (Lipinski definition) is 3. The van der Waals surface area contributed by atoms with Gasteiger partial charge in [0.15, 0.2) is 0 Å². The third-order valence-corrected chi connectivity index (χ3v) is 5.21. The van der Waals surface area contributed by atoms with Gasteiger partial charge in [-0.1, -0.05) is 22.9 Å². The van der Waals surface area contributed by atoms with Crippen LogP contribution in [0.4, 0.5) is 0 Å². The Kier molecular flexibility index (Phi) is 5.40. The Morgan fingerprint density at radius 1 is 1.29 bits per heavy atom. The fourth-order valence-electron chi connectivity index (χ4n) is 1.83. The minimum Gasteiger partial charge on any atom is -0.339 e. The van der Waals surface area contributed by atoms with E-state index in [0.717, 1.165) is 0 Å². The quantitative estimate of drug-likeness (QED) is 0.713. The largest absolute Gasteiger partial charge is 0.339 e. The number of nitrogens with zero attached hydrogens (tertiary/aromatic N) is 2. The molecule has 1 heterocycles. The maximum atomic E-state index is 11.8. The van der Waals surface area contributed by atoms with Gasteiger partial charge < -0.3 is 4.90 Å². The third-order valence-electron chi connectivity index (χ3n) is 2.75. The minimum absolute atomic E-state index is 0.0255. The van der Waals surface area contributed by atoms with Gasteiger partial charge in [-0.15, -0.1) is 0 Å². The predicted octanol–water partition coefficient (Wildman–Crippen LogP) is 0.654. The van der Waals surface area contributed by atoms with Crippen LogP contribution in [-0.2, 0) is 14.8 Å². The van der Waals surface area contributed by atoms with Crippen molar-refractivity contribution in [1.82, 2.24) is 9.21 Å². The predicted molar refractivity (Wildman–Crippen MR) is 70.6 cm³/mol. The Balaban J connectivity index is 2.54. The van der Waals surface area contributed by atoms with E-state index in [1.165, 1.54) is 4.31 Å². The van der Waals surface area contributed by atoms with E-state index in [2.05, 4.69) is 15.9 Å². The Hall–Kier alpha value is -0.140. The Morgan fingerprint density at radius 3 is 2.24 bits per heavy atom. The van der Waals surface area contributed by atoms with Crippen molar-refractivity contribution in [2.24, 2.45) is 0 Å². The van der Waals surface area contributed by atoms with E-state index >= 15 is 0 Å². The number of sulfonamides is 1. The average molecular weight is 327 g/mol. The van der Waals surface area contributed by atoms with Crippen molar-refractivity contribution in [3.8, 4) is 0 Å². The standard InChI is InChI=1S/C10H19BrN2O3S/c1-3-8-17(15,16)13-6-4-12(5-7-13)10(14)9(2)11/h9H,3-8H2,1-2H3. The number of carbonyl (C=O) groups excluding carboxylic acids is 1. The van der Waals surface area contributed by atoms with Crippen LogP contribution in [0.1, 0.15) is 20.3 Å². The van der Waals surface area contributed by atoms with Crippen LogP contribution in [0.2, 0.25) is 0 Å². The highest BCUT2D eigenvalue weighted by molar-refractivity contribution is 9.10. The van der Waals surface area contributed by atoms with Gasteiger partial charge in [0.1, 0.15) is 0 Å². The monoisotopic (exact) mass is 326 g/mol. The molecule has 1 saturated heterocycles. The fraction of sp³-hybridized carbons (Fsp3) is 0.900. The summed E-state index contributed by atoms with van der Waals surface area (Å²) >= 11 is 3.23. The highest BCUT2D eigenvalue weighted by atomic mass is 79.9. The van der Waals surface area contributed by atoms with Crippen LogP contribution in [0.5, 0.6) is 0 Å². The number of alkyl halides is 1. The van der Waals surface area contributed by atoms with Gasteiger partial charge >= 0.3 is 0 Å². The smallest absolute Gasteiger partial charge is 0.236 e. The van der Waals surface area contributed by atoms with Crippen molar-refractivity contribution in [2.75, 3.05) is 31.9 Å². The summed E-state index contributed by atoms with van der Waals surface area (Å²) in [6.07, 6.45) is 0.625. The van der Waals surface area contributed by atoms with Crippen LogP contribution in [0.25, 0.3) is 0 Å². The first-order valence-corrected chi connectivity index (χ1v) is 8.31. The Bertz CT molecular complexity index is 362. The van der Waals surface area contributed by atoms with Crippen molar-refractivity contribution in [1.29, 1.82) is 0 Å². The molecule has 0 radical (unpaired) electrons. The lowest BCUT2D eigenvalue weighted by atomic mass is 10.3. The normalized spacial score (nSPS) is 20.3. The zero-order valence-corrected chi connectivity index (χ0v) is 12.6. The van der Waals surface area contributed by atoms with Crippen LogP contribution in [0.15, 0.2) is 0 Å². The lowest BCUT2D eigenvalue weighted by molar-refractivity contribution is -0.131. The van der Waals surface area contributed by atoms with Crippen LogP contribution in [0.3, 0.4) is 0 Å². The molecule has 1 amide bonds. The Morgan fingerprint density at radius 2 is 1.82 bits per heavy atom. The van der Waals surface area contributed by atoms with Crippen molar-refractivity contribution >= 4 is 31.9 Å². The molecule has 1 aliphatic heterocycles. The first-order valence-electron chi connectivity index (χ1n) is 5.79. The molecule has 0 aromatic heterocycles. The second-order valence-corrected chi connectivity index (χ2v) is 7.62. The van der Waals surface area contributed by atoms with E-state index in [4.69, 9.17) is 0 Å². The van der Waals surface area contributed by atoms with Gasteiger partial charge in [0, 0.05) is 26.2 Å². The molecule has 0 N–H and O–H groups in total. The molecule has 0 aromatic rings. The second kappa shape index (κ2) is 6.15. The molecule has 1 aliphatic rings. The third kappa shape index (κ3) is 3.93. The van der Waals surface area contributed by atoms with E-state index < -0.39 is 10.0 Å². The van der Waals surface area contributed by atoms with E-state index in [-0.39, 0.29) is 16.5 Å². The Labute approximate surface area is 111 Å². The summed E-state index contributed by atoms with van der Waals surface area (Å²) in [6, 6.07) is 0. The van der Waals surface area contributed by atoms with Crippen LogP contribution < -0.4 is 0 Å².